The second-order valence-corrected chi connectivity index (χ2v) is 36.7. The number of hydrogen-bond acceptors (Lipinski definition) is 17. The van der Waals surface area contributed by atoms with E-state index >= 15 is 0 Å². The zero-order chi connectivity index (χ0) is 91.9. The second kappa shape index (κ2) is 37.4. The number of aryl methyl sites for hydroxylation is 5. The highest BCUT2D eigenvalue weighted by atomic mass is 16.1. The van der Waals surface area contributed by atoms with Gasteiger partial charge in [0.15, 0.2) is 0 Å². The van der Waals surface area contributed by atoms with Gasteiger partial charge in [-0.2, -0.15) is 10.5 Å². The maximum Gasteiger partial charge on any atom is 0.261 e. The van der Waals surface area contributed by atoms with Gasteiger partial charge >= 0.3 is 0 Å². The van der Waals surface area contributed by atoms with Crippen molar-refractivity contribution in [3.8, 4) is 71.3 Å². The molecule has 0 aliphatic carbocycles. The minimum atomic E-state index is -0.132. The monoisotopic (exact) mass is 1720 g/mol. The summed E-state index contributed by atoms with van der Waals surface area (Å²) in [5, 5.41) is 21.1. The Morgan fingerprint density at radius 1 is 0.359 bits per heavy atom. The standard InChI is InChI=1S/2C22H18N4O.2C22H21N3O.C20H14N4O/c1-22(2)9-7-20-25-19-12-15(4-6-18(19)21(27)26(20)14-22)3-5-17-11-16(13-23)8-10-24-17;1-22(2)8-10-26-20(13-22)25-19-12-15(4-6-18(19)21(26)27)3-5-17-11-16(14-23)7-9-24-17;1-15-4-7-17(23-13-15)8-5-16-6-9-18-19(12-16)24-20-10-11-22(2,3)14-25(20)21(18)26;1-15-12-18-19(13-16(15)7-8-17-6-4-5-10-23-17)24-20-14-22(2,3)9-11-25(20)21(18)26;1-21-16-8-10-19-23-18-12-14(5-7-15-4-2-3-11-22-15)6-9-17(18)20(25)24(19)13-16/h4,6,8,10-12H,7,9,14H2,1-2H3;4,6-7,9,11-12H,8,10,13H2,1-2H3;4,6-7,9,12-13H,10-11,14H2,1-3H3;4-6,10,12-13H,9,11,14H2,1-3H3;2-4,6,9,11-12,16H,8,10,13H2. The van der Waals surface area contributed by atoms with Gasteiger partial charge in [-0.15, -0.1) is 0 Å². The molecule has 0 bridgehead atoms. The zero-order valence-electron chi connectivity index (χ0n) is 74.7. The first-order valence-electron chi connectivity index (χ1n) is 43.6. The van der Waals surface area contributed by atoms with Gasteiger partial charge in [0, 0.05) is 124 Å². The molecule has 644 valence electrons. The van der Waals surface area contributed by atoms with Crippen molar-refractivity contribution in [1.29, 1.82) is 10.5 Å². The van der Waals surface area contributed by atoms with Crippen LogP contribution in [-0.4, -0.2) is 78.7 Å². The zero-order valence-corrected chi connectivity index (χ0v) is 74.7. The van der Waals surface area contributed by atoms with Crippen LogP contribution >= 0.6 is 0 Å². The maximum absolute atomic E-state index is 12.9. The third-order valence-electron chi connectivity index (χ3n) is 24.0. The number of aromatic nitrogens is 15. The number of rotatable bonds is 0. The van der Waals surface area contributed by atoms with Crippen LogP contribution in [0, 0.1) is 124 Å². The molecule has 0 fully saturated rings. The van der Waals surface area contributed by atoms with Gasteiger partial charge in [0.2, 0.25) is 6.04 Å². The van der Waals surface area contributed by atoms with Crippen molar-refractivity contribution in [3.63, 3.8) is 0 Å². The summed E-state index contributed by atoms with van der Waals surface area (Å²) in [7, 11) is 0. The number of pyridine rings is 5. The average molecular weight is 1720 g/mol. The molecule has 5 aliphatic heterocycles. The smallest absolute Gasteiger partial charge is 0.261 e. The summed E-state index contributed by atoms with van der Waals surface area (Å²) in [6.07, 6.45) is 17.1. The van der Waals surface area contributed by atoms with E-state index in [0.29, 0.717) is 97.7 Å². The minimum absolute atomic E-state index is 0.0191. The molecule has 15 heterocycles. The number of benzene rings is 5. The van der Waals surface area contributed by atoms with Crippen molar-refractivity contribution in [2.75, 3.05) is 0 Å². The Morgan fingerprint density at radius 3 is 1.17 bits per heavy atom. The van der Waals surface area contributed by atoms with Gasteiger partial charge in [-0.1, -0.05) is 103 Å². The van der Waals surface area contributed by atoms with Crippen molar-refractivity contribution < 1.29 is 0 Å². The van der Waals surface area contributed by atoms with Crippen molar-refractivity contribution >= 4 is 54.5 Å². The Bertz CT molecular complexity index is 7960. The van der Waals surface area contributed by atoms with Crippen molar-refractivity contribution in [3.05, 3.63) is 360 Å². The fraction of sp³-hybridized carbons (Fsp3) is 0.278. The molecule has 23 nitrogen and oxygen atoms in total. The minimum Gasteiger partial charge on any atom is -0.312 e. The second-order valence-electron chi connectivity index (χ2n) is 36.7. The molecule has 0 N–H and O–H groups in total. The molecule has 23 heteroatoms. The third-order valence-corrected chi connectivity index (χ3v) is 24.0. The number of hydrogen-bond donors (Lipinski definition) is 0. The Balaban J connectivity index is 0.000000120. The summed E-state index contributed by atoms with van der Waals surface area (Å²) in [6, 6.07) is 51.6. The van der Waals surface area contributed by atoms with Crippen molar-refractivity contribution in [2.45, 2.75) is 172 Å². The van der Waals surface area contributed by atoms with Gasteiger partial charge in [-0.05, 0) is 241 Å². The van der Waals surface area contributed by atoms with Gasteiger partial charge in [-0.25, -0.2) is 56.4 Å². The molecule has 0 radical (unpaired) electrons. The molecule has 15 aromatic rings. The van der Waals surface area contributed by atoms with Crippen LogP contribution < -0.4 is 27.8 Å². The predicted molar refractivity (Wildman–Crippen MR) is 507 cm³/mol. The predicted octanol–water partition coefficient (Wildman–Crippen LogP) is 15.4. The van der Waals surface area contributed by atoms with E-state index in [-0.39, 0.29) is 55.5 Å². The normalized spacial score (nSPS) is 15.1. The lowest BCUT2D eigenvalue weighted by molar-refractivity contribution is 0.240. The van der Waals surface area contributed by atoms with E-state index in [1.807, 2.05) is 143 Å². The van der Waals surface area contributed by atoms with Gasteiger partial charge in [-0.3, -0.25) is 46.8 Å². The van der Waals surface area contributed by atoms with E-state index in [9.17, 15) is 24.0 Å². The van der Waals surface area contributed by atoms with Gasteiger partial charge < -0.3 is 4.85 Å². The molecule has 131 heavy (non-hydrogen) atoms. The largest absolute Gasteiger partial charge is 0.312 e. The lowest BCUT2D eigenvalue weighted by Gasteiger charge is -2.31. The molecule has 0 saturated carbocycles. The highest BCUT2D eigenvalue weighted by Crippen LogP contribution is 2.35. The van der Waals surface area contributed by atoms with Crippen LogP contribution in [0.1, 0.15) is 195 Å². The van der Waals surface area contributed by atoms with E-state index < -0.39 is 0 Å². The molecule has 0 spiro atoms. The van der Waals surface area contributed by atoms with Gasteiger partial charge in [0.1, 0.15) is 64.1 Å². The topological polar surface area (TPSA) is 291 Å². The molecule has 1 unspecified atom stereocenters. The highest BCUT2D eigenvalue weighted by molar-refractivity contribution is 5.84. The van der Waals surface area contributed by atoms with E-state index in [1.54, 1.807) is 82.6 Å². The van der Waals surface area contributed by atoms with Crippen LogP contribution in [0.25, 0.3) is 59.4 Å². The average Bonchev–Trinajstić information content (AvgIpc) is 0.767. The fourth-order valence-electron chi connectivity index (χ4n) is 16.5. The van der Waals surface area contributed by atoms with E-state index in [4.69, 9.17) is 37.0 Å². The highest BCUT2D eigenvalue weighted by Gasteiger charge is 2.33. The Hall–Kier alpha value is -16.2. The summed E-state index contributed by atoms with van der Waals surface area (Å²) in [4.78, 5) is 112. The van der Waals surface area contributed by atoms with Crippen molar-refractivity contribution in [2.24, 2.45) is 21.7 Å². The van der Waals surface area contributed by atoms with Crippen LogP contribution in [0.4, 0.5) is 0 Å². The molecule has 0 saturated heterocycles. The number of fused-ring (bicyclic) bond motifs is 10. The molecule has 5 aromatic carbocycles. The van der Waals surface area contributed by atoms with Crippen molar-refractivity contribution in [1.82, 2.24) is 72.7 Å². The molecular weight excluding hydrogens is 1630 g/mol. The van der Waals surface area contributed by atoms with Crippen LogP contribution in [0.2, 0.25) is 0 Å². The third kappa shape index (κ3) is 20.8. The summed E-state index contributed by atoms with van der Waals surface area (Å²) >= 11 is 0. The van der Waals surface area contributed by atoms with Crippen LogP contribution in [-0.2, 0) is 64.8 Å². The van der Waals surface area contributed by atoms with Gasteiger partial charge in [0.25, 0.3) is 27.8 Å². The SMILES string of the molecule is CC1(C)CCc2nc3cc(C#Cc4cc(C#N)ccn4)ccc3c(=O)n2C1.CC1(C)CCn2c(nc3cc(C#Cc4cc(C#N)ccn4)ccc3c2=O)C1.Cc1cc2c(=O)n3c(nc2cc1C#Cc1ccccn1)CC(C)(C)CC3.Cc1ccc(C#Cc2ccc3c(=O)n4c(nc3c2)CCC(C)(C)C4)nc1.[C-]#[N+]C1CCc2nc3cc(C#Cc4ccccn4)ccc3c(=O)n2C1. The number of nitriles is 2. The molecule has 0 amide bonds. The van der Waals surface area contributed by atoms with Crippen LogP contribution in [0.15, 0.2) is 213 Å². The lowest BCUT2D eigenvalue weighted by Crippen LogP contribution is -2.36. The summed E-state index contributed by atoms with van der Waals surface area (Å²) in [5.41, 5.74) is 14.6. The fourth-order valence-corrected chi connectivity index (χ4v) is 16.5. The first-order chi connectivity index (χ1) is 63.0. The molecule has 20 rings (SSSR count). The Labute approximate surface area is 758 Å². The van der Waals surface area contributed by atoms with Crippen LogP contribution in [0.3, 0.4) is 0 Å². The summed E-state index contributed by atoms with van der Waals surface area (Å²) in [6.45, 7) is 32.1. The van der Waals surface area contributed by atoms with Crippen LogP contribution in [0.5, 0.6) is 0 Å². The Kier molecular flexibility index (Phi) is 25.2. The summed E-state index contributed by atoms with van der Waals surface area (Å²) in [5.74, 6) is 34.8. The quantitative estimate of drug-likeness (QED) is 0.101. The first-order valence-corrected chi connectivity index (χ1v) is 43.6. The van der Waals surface area contributed by atoms with E-state index in [1.165, 1.54) is 0 Å². The van der Waals surface area contributed by atoms with Gasteiger partial charge in [0.05, 0.1) is 77.8 Å². The van der Waals surface area contributed by atoms with E-state index in [2.05, 4.69) is 161 Å². The molecular formula is C108H92N18O5. The first kappa shape index (κ1) is 88.3. The maximum atomic E-state index is 12.9. The van der Waals surface area contributed by atoms with E-state index in [0.717, 1.165) is 161 Å². The Morgan fingerprint density at radius 2 is 0.748 bits per heavy atom. The lowest BCUT2D eigenvalue weighted by atomic mass is 9.83. The molecule has 5 aliphatic rings. The number of nitrogens with zero attached hydrogens (tertiary/aromatic N) is 18. The molecule has 10 aromatic heterocycles. The molecule has 1 atom stereocenters. The summed E-state index contributed by atoms with van der Waals surface area (Å²) < 4.78 is 8.94.